The zero-order valence-electron chi connectivity index (χ0n) is 12.8. The normalized spacial score (nSPS) is 25.4. The summed E-state index contributed by atoms with van der Waals surface area (Å²) in [6.45, 7) is 2.88. The Hall–Kier alpha value is -1.31. The minimum absolute atomic E-state index is 0.182. The Morgan fingerprint density at radius 1 is 1.41 bits per heavy atom. The van der Waals surface area contributed by atoms with Gasteiger partial charge in [-0.2, -0.15) is 0 Å². The summed E-state index contributed by atoms with van der Waals surface area (Å²) in [5.74, 6) is 0.644. The lowest BCUT2D eigenvalue weighted by Gasteiger charge is -2.38. The van der Waals surface area contributed by atoms with Crippen LogP contribution < -0.4 is 14.8 Å². The molecule has 1 aliphatic carbocycles. The van der Waals surface area contributed by atoms with Crippen molar-refractivity contribution >= 4 is 15.7 Å². The van der Waals surface area contributed by atoms with Gasteiger partial charge in [-0.25, -0.2) is 8.42 Å². The molecule has 122 valence electrons. The highest BCUT2D eigenvalue weighted by Gasteiger charge is 2.57. The average Bonchev–Trinajstić information content (AvgIpc) is 3.18. The van der Waals surface area contributed by atoms with Crippen molar-refractivity contribution in [3.8, 4) is 5.75 Å². The van der Waals surface area contributed by atoms with Crippen LogP contribution in [0.4, 0.5) is 5.69 Å². The van der Waals surface area contributed by atoms with E-state index >= 15 is 0 Å². The topological polar surface area (TPSA) is 87.7 Å². The number of nitrogens with one attached hydrogen (secondary N) is 2. The molecule has 1 saturated carbocycles. The molecule has 2 unspecified atom stereocenters. The fourth-order valence-electron chi connectivity index (χ4n) is 2.95. The van der Waals surface area contributed by atoms with Crippen LogP contribution in [0.15, 0.2) is 18.2 Å². The first-order valence-corrected chi connectivity index (χ1v) is 9.46. The van der Waals surface area contributed by atoms with Crippen LogP contribution >= 0.6 is 0 Å². The molecule has 0 bridgehead atoms. The number of rotatable bonds is 5. The molecule has 1 aromatic rings. The molecule has 3 rings (SSSR count). The second-order valence-corrected chi connectivity index (χ2v) is 7.92. The van der Waals surface area contributed by atoms with E-state index in [1.54, 1.807) is 12.1 Å². The van der Waals surface area contributed by atoms with E-state index in [0.29, 0.717) is 11.4 Å². The van der Waals surface area contributed by atoms with Gasteiger partial charge in [0.15, 0.2) is 0 Å². The van der Waals surface area contributed by atoms with Crippen LogP contribution in [-0.2, 0) is 10.0 Å². The standard InChI is InChI=1S/C15H22N2O4S/c1-3-8-16-13-11-5-4-10(17-22(2,19)20)9-12(11)21-15(6-7-15)14(13)18/h4-5,9,13-14,16-18H,3,6-8H2,1-2H3. The van der Waals surface area contributed by atoms with E-state index in [9.17, 15) is 13.5 Å². The molecule has 7 heteroatoms. The van der Waals surface area contributed by atoms with Crippen LogP contribution in [0.5, 0.6) is 5.75 Å². The Morgan fingerprint density at radius 3 is 2.73 bits per heavy atom. The number of hydrogen-bond donors (Lipinski definition) is 3. The molecule has 1 heterocycles. The molecule has 2 atom stereocenters. The number of ether oxygens (including phenoxy) is 1. The lowest BCUT2D eigenvalue weighted by Crippen LogP contribution is -2.48. The number of hydrogen-bond acceptors (Lipinski definition) is 5. The van der Waals surface area contributed by atoms with Crippen molar-refractivity contribution in [3.05, 3.63) is 23.8 Å². The van der Waals surface area contributed by atoms with Gasteiger partial charge < -0.3 is 15.2 Å². The average molecular weight is 326 g/mol. The molecule has 0 aromatic heterocycles. The van der Waals surface area contributed by atoms with Gasteiger partial charge in [0.1, 0.15) is 17.5 Å². The first-order chi connectivity index (χ1) is 10.3. The van der Waals surface area contributed by atoms with Gasteiger partial charge in [0.2, 0.25) is 10.0 Å². The van der Waals surface area contributed by atoms with Crippen LogP contribution in [0.3, 0.4) is 0 Å². The molecule has 1 aromatic carbocycles. The van der Waals surface area contributed by atoms with Crippen LogP contribution in [0.1, 0.15) is 37.8 Å². The van der Waals surface area contributed by atoms with Crippen molar-refractivity contribution in [3.63, 3.8) is 0 Å². The Kier molecular flexibility index (Phi) is 3.82. The Morgan fingerprint density at radius 2 is 2.14 bits per heavy atom. The van der Waals surface area contributed by atoms with Gasteiger partial charge >= 0.3 is 0 Å². The molecule has 0 amide bonds. The molecule has 1 spiro atoms. The van der Waals surface area contributed by atoms with Gasteiger partial charge in [0, 0.05) is 11.6 Å². The summed E-state index contributed by atoms with van der Waals surface area (Å²) >= 11 is 0. The maximum Gasteiger partial charge on any atom is 0.229 e. The quantitative estimate of drug-likeness (QED) is 0.761. The van der Waals surface area contributed by atoms with Crippen molar-refractivity contribution in [1.82, 2.24) is 5.32 Å². The van der Waals surface area contributed by atoms with Crippen LogP contribution in [-0.4, -0.2) is 38.0 Å². The minimum atomic E-state index is -3.33. The third kappa shape index (κ3) is 2.93. The molecule has 0 radical (unpaired) electrons. The number of benzene rings is 1. The molecule has 6 nitrogen and oxygen atoms in total. The van der Waals surface area contributed by atoms with Crippen molar-refractivity contribution in [2.75, 3.05) is 17.5 Å². The Bertz CT molecular complexity index is 670. The summed E-state index contributed by atoms with van der Waals surface area (Å²) in [5.41, 5.74) is 0.836. The van der Waals surface area contributed by atoms with Crippen molar-refractivity contribution in [1.29, 1.82) is 0 Å². The maximum absolute atomic E-state index is 11.4. The first-order valence-electron chi connectivity index (χ1n) is 7.57. The van der Waals surface area contributed by atoms with Crippen molar-refractivity contribution in [2.45, 2.75) is 43.9 Å². The molecule has 1 aliphatic heterocycles. The molecule has 22 heavy (non-hydrogen) atoms. The van der Waals surface area contributed by atoms with E-state index in [1.165, 1.54) is 0 Å². The fraction of sp³-hybridized carbons (Fsp3) is 0.600. The molecule has 0 saturated heterocycles. The number of fused-ring (bicyclic) bond motifs is 1. The summed E-state index contributed by atoms with van der Waals surface area (Å²) in [6, 6.07) is 5.03. The smallest absolute Gasteiger partial charge is 0.229 e. The van der Waals surface area contributed by atoms with E-state index in [4.69, 9.17) is 4.74 Å². The largest absolute Gasteiger partial charge is 0.484 e. The second-order valence-electron chi connectivity index (χ2n) is 6.17. The van der Waals surface area contributed by atoms with Gasteiger partial charge in [-0.1, -0.05) is 13.0 Å². The Balaban J connectivity index is 1.94. The lowest BCUT2D eigenvalue weighted by atomic mass is 9.91. The van der Waals surface area contributed by atoms with Crippen LogP contribution in [0.25, 0.3) is 0 Å². The molecular formula is C15H22N2O4S. The van der Waals surface area contributed by atoms with Crippen LogP contribution in [0, 0.1) is 0 Å². The SMILES string of the molecule is CCCNC1c2ccc(NS(C)(=O)=O)cc2OC2(CC2)C1O. The van der Waals surface area contributed by atoms with E-state index in [2.05, 4.69) is 17.0 Å². The monoisotopic (exact) mass is 326 g/mol. The van der Waals surface area contributed by atoms with Gasteiger partial charge in [0.25, 0.3) is 0 Å². The zero-order chi connectivity index (χ0) is 16.0. The van der Waals surface area contributed by atoms with Crippen molar-refractivity contribution in [2.24, 2.45) is 0 Å². The van der Waals surface area contributed by atoms with Gasteiger partial charge in [-0.05, 0) is 31.9 Å². The van der Waals surface area contributed by atoms with E-state index in [1.807, 2.05) is 6.07 Å². The molecule has 3 N–H and O–H groups in total. The minimum Gasteiger partial charge on any atom is -0.484 e. The number of sulfonamides is 1. The second kappa shape index (κ2) is 5.40. The fourth-order valence-corrected chi connectivity index (χ4v) is 3.51. The third-order valence-corrected chi connectivity index (χ3v) is 4.78. The van der Waals surface area contributed by atoms with Gasteiger partial charge in [0.05, 0.1) is 18.0 Å². The molecule has 1 fully saturated rings. The molecular weight excluding hydrogens is 304 g/mol. The Labute approximate surface area is 130 Å². The summed E-state index contributed by atoms with van der Waals surface area (Å²) < 4.78 is 31.2. The molecule has 2 aliphatic rings. The van der Waals surface area contributed by atoms with Gasteiger partial charge in [-0.15, -0.1) is 0 Å². The zero-order valence-corrected chi connectivity index (χ0v) is 13.6. The first kappa shape index (κ1) is 15.6. The highest BCUT2D eigenvalue weighted by atomic mass is 32.2. The van der Waals surface area contributed by atoms with Gasteiger partial charge in [-0.3, -0.25) is 4.72 Å². The highest BCUT2D eigenvalue weighted by molar-refractivity contribution is 7.92. The van der Waals surface area contributed by atoms with Crippen molar-refractivity contribution < 1.29 is 18.3 Å². The highest BCUT2D eigenvalue weighted by Crippen LogP contribution is 2.52. The number of aliphatic hydroxyl groups is 1. The predicted octanol–water partition coefficient (Wildman–Crippen LogP) is 1.38. The third-order valence-electron chi connectivity index (χ3n) is 4.18. The lowest BCUT2D eigenvalue weighted by molar-refractivity contribution is -0.0241. The van der Waals surface area contributed by atoms with E-state index in [0.717, 1.165) is 37.6 Å². The van der Waals surface area contributed by atoms with Crippen LogP contribution in [0.2, 0.25) is 0 Å². The maximum atomic E-state index is 11.4. The van der Waals surface area contributed by atoms with E-state index in [-0.39, 0.29) is 6.04 Å². The summed E-state index contributed by atoms with van der Waals surface area (Å²) in [5, 5.41) is 14.0. The number of aliphatic hydroxyl groups excluding tert-OH is 1. The van der Waals surface area contributed by atoms with E-state index < -0.39 is 21.7 Å². The predicted molar refractivity (Wildman–Crippen MR) is 84.5 cm³/mol. The summed E-state index contributed by atoms with van der Waals surface area (Å²) in [7, 11) is -3.33. The summed E-state index contributed by atoms with van der Waals surface area (Å²) in [4.78, 5) is 0. The summed E-state index contributed by atoms with van der Waals surface area (Å²) in [6.07, 6.45) is 3.15. The number of anilines is 1.